The molecule has 0 radical (unpaired) electrons. The predicted molar refractivity (Wildman–Crippen MR) is 74.7 cm³/mol. The van der Waals surface area contributed by atoms with Crippen LogP contribution < -0.4 is 11.1 Å². The van der Waals surface area contributed by atoms with Crippen LogP contribution in [-0.4, -0.2) is 37.5 Å². The van der Waals surface area contributed by atoms with Gasteiger partial charge in [-0.15, -0.1) is 11.3 Å². The zero-order valence-electron chi connectivity index (χ0n) is 11.0. The summed E-state index contributed by atoms with van der Waals surface area (Å²) in [5.74, 6) is 0.632. The van der Waals surface area contributed by atoms with E-state index in [1.54, 1.807) is 0 Å². The number of carbonyl (C=O) groups is 1. The smallest absolute Gasteiger partial charge is 0.261 e. The Bertz CT molecular complexity index is 412. The molecule has 3 N–H and O–H groups in total. The summed E-state index contributed by atoms with van der Waals surface area (Å²) in [6, 6.07) is 2.13. The molecular formula is C13H21N3OS. The van der Waals surface area contributed by atoms with Gasteiger partial charge in [-0.2, -0.15) is 0 Å². The highest BCUT2D eigenvalue weighted by atomic mass is 32.1. The fourth-order valence-corrected chi connectivity index (χ4v) is 2.81. The Morgan fingerprint density at radius 1 is 1.61 bits per heavy atom. The molecule has 2 rings (SSSR count). The highest BCUT2D eigenvalue weighted by molar-refractivity contribution is 7.12. The summed E-state index contributed by atoms with van der Waals surface area (Å²) in [7, 11) is 4.00. The highest BCUT2D eigenvalue weighted by Crippen LogP contribution is 2.31. The summed E-state index contributed by atoms with van der Waals surface area (Å²) in [4.78, 5) is 15.0. The van der Waals surface area contributed by atoms with E-state index in [1.165, 1.54) is 24.2 Å². The van der Waals surface area contributed by atoms with E-state index >= 15 is 0 Å². The number of amides is 1. The Kier molecular flexibility index (Phi) is 4.37. The number of nitrogens with zero attached hydrogens (tertiary/aromatic N) is 1. The average Bonchev–Trinajstić information content (AvgIpc) is 3.06. The van der Waals surface area contributed by atoms with Crippen LogP contribution in [0, 0.1) is 5.92 Å². The first-order chi connectivity index (χ1) is 8.58. The maximum absolute atomic E-state index is 12.1. The molecule has 0 spiro atoms. The summed E-state index contributed by atoms with van der Waals surface area (Å²) in [5.41, 5.74) is 7.07. The van der Waals surface area contributed by atoms with Crippen molar-refractivity contribution in [3.05, 3.63) is 21.9 Å². The summed E-state index contributed by atoms with van der Waals surface area (Å²) >= 11 is 1.50. The third-order valence-electron chi connectivity index (χ3n) is 3.17. The number of hydrogen-bond donors (Lipinski definition) is 2. The minimum atomic E-state index is 0.0120. The second-order valence-corrected chi connectivity index (χ2v) is 6.14. The quantitative estimate of drug-likeness (QED) is 0.816. The molecule has 18 heavy (non-hydrogen) atoms. The fraction of sp³-hybridized carbons (Fsp3) is 0.615. The highest BCUT2D eigenvalue weighted by Gasteiger charge is 2.28. The van der Waals surface area contributed by atoms with Crippen LogP contribution in [-0.2, 0) is 6.54 Å². The van der Waals surface area contributed by atoms with Gasteiger partial charge >= 0.3 is 0 Å². The van der Waals surface area contributed by atoms with Crippen LogP contribution in [0.5, 0.6) is 0 Å². The third kappa shape index (κ3) is 3.54. The molecule has 1 aromatic heterocycles. The van der Waals surface area contributed by atoms with Crippen LogP contribution in [0.2, 0.25) is 0 Å². The molecule has 1 fully saturated rings. The number of thiophene rings is 1. The van der Waals surface area contributed by atoms with Crippen molar-refractivity contribution in [2.75, 3.05) is 20.6 Å². The lowest BCUT2D eigenvalue weighted by Gasteiger charge is -2.13. The van der Waals surface area contributed by atoms with Crippen LogP contribution in [0.15, 0.2) is 11.4 Å². The number of nitrogens with two attached hydrogens (primary N) is 1. The molecule has 1 aliphatic carbocycles. The van der Waals surface area contributed by atoms with Crippen molar-refractivity contribution >= 4 is 17.2 Å². The fourth-order valence-electron chi connectivity index (χ4n) is 1.98. The van der Waals surface area contributed by atoms with Gasteiger partial charge in [0.25, 0.3) is 5.91 Å². The van der Waals surface area contributed by atoms with Gasteiger partial charge < -0.3 is 16.0 Å². The van der Waals surface area contributed by atoms with E-state index in [4.69, 9.17) is 5.73 Å². The molecule has 1 atom stereocenters. The molecule has 0 bridgehead atoms. The molecule has 1 amide bonds. The first kappa shape index (κ1) is 13.5. The maximum atomic E-state index is 12.1. The molecule has 0 aromatic carbocycles. The lowest BCUT2D eigenvalue weighted by Crippen LogP contribution is -2.38. The van der Waals surface area contributed by atoms with Gasteiger partial charge in [0.1, 0.15) is 0 Å². The zero-order valence-corrected chi connectivity index (χ0v) is 11.8. The van der Waals surface area contributed by atoms with Crippen LogP contribution in [0.1, 0.15) is 28.1 Å². The van der Waals surface area contributed by atoms with E-state index in [0.29, 0.717) is 12.5 Å². The van der Waals surface area contributed by atoms with E-state index in [1.807, 2.05) is 25.5 Å². The van der Waals surface area contributed by atoms with E-state index in [9.17, 15) is 4.79 Å². The van der Waals surface area contributed by atoms with Gasteiger partial charge in [-0.1, -0.05) is 0 Å². The Labute approximate surface area is 112 Å². The average molecular weight is 267 g/mol. The van der Waals surface area contributed by atoms with Gasteiger partial charge in [0.05, 0.1) is 4.88 Å². The lowest BCUT2D eigenvalue weighted by molar-refractivity contribution is 0.0953. The van der Waals surface area contributed by atoms with E-state index in [2.05, 4.69) is 10.2 Å². The molecule has 0 saturated heterocycles. The van der Waals surface area contributed by atoms with Crippen molar-refractivity contribution in [1.82, 2.24) is 10.2 Å². The van der Waals surface area contributed by atoms with Gasteiger partial charge in [0.15, 0.2) is 0 Å². The minimum absolute atomic E-state index is 0.0120. The monoisotopic (exact) mass is 267 g/mol. The van der Waals surface area contributed by atoms with Crippen LogP contribution >= 0.6 is 11.3 Å². The molecule has 1 heterocycles. The first-order valence-corrected chi connectivity index (χ1v) is 7.20. The van der Waals surface area contributed by atoms with Crippen molar-refractivity contribution in [2.24, 2.45) is 11.7 Å². The predicted octanol–water partition coefficient (Wildman–Crippen LogP) is 1.28. The van der Waals surface area contributed by atoms with Crippen molar-refractivity contribution < 1.29 is 4.79 Å². The molecule has 1 saturated carbocycles. The maximum Gasteiger partial charge on any atom is 0.261 e. The standard InChI is InChI=1S/C13H21N3OS/c1-16(2)8-10-5-6-18-12(10)13(17)15-7-11(14)9-3-4-9/h5-6,9,11H,3-4,7-8,14H2,1-2H3,(H,15,17). The molecule has 1 aromatic rings. The molecule has 0 aliphatic heterocycles. The minimum Gasteiger partial charge on any atom is -0.350 e. The van der Waals surface area contributed by atoms with Gasteiger partial charge in [0, 0.05) is 19.1 Å². The van der Waals surface area contributed by atoms with E-state index in [-0.39, 0.29) is 11.9 Å². The van der Waals surface area contributed by atoms with Gasteiger partial charge in [-0.25, -0.2) is 0 Å². The van der Waals surface area contributed by atoms with Crippen molar-refractivity contribution in [3.8, 4) is 0 Å². The van der Waals surface area contributed by atoms with Crippen LogP contribution in [0.3, 0.4) is 0 Å². The topological polar surface area (TPSA) is 58.4 Å². The van der Waals surface area contributed by atoms with Gasteiger partial charge in [-0.05, 0) is 49.9 Å². The van der Waals surface area contributed by atoms with E-state index < -0.39 is 0 Å². The number of nitrogens with one attached hydrogen (secondary N) is 1. The normalized spacial score (nSPS) is 16.9. The van der Waals surface area contributed by atoms with Gasteiger partial charge in [-0.3, -0.25) is 4.79 Å². The molecule has 100 valence electrons. The molecular weight excluding hydrogens is 246 g/mol. The van der Waals surface area contributed by atoms with E-state index in [0.717, 1.165) is 17.0 Å². The summed E-state index contributed by atoms with van der Waals surface area (Å²) in [6.07, 6.45) is 2.42. The Morgan fingerprint density at radius 3 is 2.94 bits per heavy atom. The number of rotatable bonds is 6. The van der Waals surface area contributed by atoms with Crippen molar-refractivity contribution in [2.45, 2.75) is 25.4 Å². The number of carbonyl (C=O) groups excluding carboxylic acids is 1. The van der Waals surface area contributed by atoms with Crippen LogP contribution in [0.25, 0.3) is 0 Å². The summed E-state index contributed by atoms with van der Waals surface area (Å²) < 4.78 is 0. The molecule has 4 nitrogen and oxygen atoms in total. The largest absolute Gasteiger partial charge is 0.350 e. The second-order valence-electron chi connectivity index (χ2n) is 5.22. The Hall–Kier alpha value is -0.910. The first-order valence-electron chi connectivity index (χ1n) is 6.33. The third-order valence-corrected chi connectivity index (χ3v) is 4.12. The Balaban J connectivity index is 1.89. The van der Waals surface area contributed by atoms with Crippen LogP contribution in [0.4, 0.5) is 0 Å². The Morgan fingerprint density at radius 2 is 2.33 bits per heavy atom. The SMILES string of the molecule is CN(C)Cc1ccsc1C(=O)NCC(N)C1CC1. The zero-order chi connectivity index (χ0) is 13.1. The van der Waals surface area contributed by atoms with Crippen molar-refractivity contribution in [1.29, 1.82) is 0 Å². The summed E-state index contributed by atoms with van der Waals surface area (Å²) in [6.45, 7) is 1.38. The molecule has 1 aliphatic rings. The molecule has 5 heteroatoms. The van der Waals surface area contributed by atoms with Crippen molar-refractivity contribution in [3.63, 3.8) is 0 Å². The van der Waals surface area contributed by atoms with Gasteiger partial charge in [0.2, 0.25) is 0 Å². The summed E-state index contributed by atoms with van der Waals surface area (Å²) in [5, 5.41) is 4.91. The lowest BCUT2D eigenvalue weighted by atomic mass is 10.2. The second kappa shape index (κ2) is 5.82. The molecule has 1 unspecified atom stereocenters. The number of hydrogen-bond acceptors (Lipinski definition) is 4.